The van der Waals surface area contributed by atoms with E-state index in [-0.39, 0.29) is 5.78 Å². The summed E-state index contributed by atoms with van der Waals surface area (Å²) in [5.74, 6) is 0.808. The van der Waals surface area contributed by atoms with E-state index in [1.165, 1.54) is 0 Å². The van der Waals surface area contributed by atoms with E-state index in [9.17, 15) is 4.79 Å². The molecule has 0 aromatic heterocycles. The molecule has 2 nitrogen and oxygen atoms in total. The Morgan fingerprint density at radius 2 is 1.90 bits per heavy atom. The van der Waals surface area contributed by atoms with Crippen molar-refractivity contribution >= 4 is 5.78 Å². The van der Waals surface area contributed by atoms with E-state index in [0.29, 0.717) is 6.61 Å². The fraction of sp³-hybridized carbons (Fsp3) is 0.167. The lowest BCUT2D eigenvalue weighted by Gasteiger charge is -2.09. The third kappa shape index (κ3) is 3.58. The van der Waals surface area contributed by atoms with Gasteiger partial charge < -0.3 is 4.74 Å². The van der Waals surface area contributed by atoms with E-state index in [1.54, 1.807) is 12.2 Å². The minimum absolute atomic E-state index is 0.0274. The summed E-state index contributed by atoms with van der Waals surface area (Å²) < 4.78 is 5.74. The Labute approximate surface area is 119 Å². The molecule has 0 unspecified atom stereocenters. The van der Waals surface area contributed by atoms with Crippen molar-refractivity contribution in [1.82, 2.24) is 0 Å². The standard InChI is InChI=1S/C18H18O2/c1-3-7-18(19)17-11-10-16(12-14(17)2)20-13-15-8-5-4-6-9-15/h3-12H,13H2,1-2H3. The molecule has 0 atom stereocenters. The Kier molecular flexibility index (Phi) is 4.72. The van der Waals surface area contributed by atoms with E-state index in [2.05, 4.69) is 0 Å². The average Bonchev–Trinajstić information content (AvgIpc) is 2.46. The Hall–Kier alpha value is -2.35. The molecule has 0 radical (unpaired) electrons. The molecule has 0 spiro atoms. The van der Waals surface area contributed by atoms with Gasteiger partial charge in [0.15, 0.2) is 5.78 Å². The molecule has 2 aromatic carbocycles. The second-order valence-corrected chi connectivity index (χ2v) is 4.62. The molecule has 2 heteroatoms. The Morgan fingerprint density at radius 3 is 2.55 bits per heavy atom. The van der Waals surface area contributed by atoms with Gasteiger partial charge in [0.05, 0.1) is 0 Å². The maximum atomic E-state index is 11.8. The van der Waals surface area contributed by atoms with Crippen LogP contribution < -0.4 is 4.74 Å². The van der Waals surface area contributed by atoms with Gasteiger partial charge in [-0.25, -0.2) is 0 Å². The molecule has 0 bridgehead atoms. The van der Waals surface area contributed by atoms with Gasteiger partial charge in [-0.3, -0.25) is 4.79 Å². The fourth-order valence-corrected chi connectivity index (χ4v) is 1.98. The number of hydrogen-bond acceptors (Lipinski definition) is 2. The van der Waals surface area contributed by atoms with Gasteiger partial charge in [-0.1, -0.05) is 36.4 Å². The second-order valence-electron chi connectivity index (χ2n) is 4.62. The van der Waals surface area contributed by atoms with Gasteiger partial charge in [0, 0.05) is 5.56 Å². The molecule has 2 aromatic rings. The first-order valence-electron chi connectivity index (χ1n) is 6.65. The van der Waals surface area contributed by atoms with Crippen LogP contribution in [0, 0.1) is 6.92 Å². The van der Waals surface area contributed by atoms with Crippen LogP contribution in [0.3, 0.4) is 0 Å². The number of carbonyl (C=O) groups is 1. The lowest BCUT2D eigenvalue weighted by Crippen LogP contribution is -2.00. The van der Waals surface area contributed by atoms with Gasteiger partial charge in [-0.05, 0) is 49.2 Å². The highest BCUT2D eigenvalue weighted by Crippen LogP contribution is 2.19. The molecule has 0 fully saturated rings. The largest absolute Gasteiger partial charge is 0.489 e. The van der Waals surface area contributed by atoms with Crippen molar-refractivity contribution < 1.29 is 9.53 Å². The summed E-state index contributed by atoms with van der Waals surface area (Å²) in [7, 11) is 0. The van der Waals surface area contributed by atoms with Crippen LogP contribution in [-0.2, 0) is 6.61 Å². The predicted molar refractivity (Wildman–Crippen MR) is 81.1 cm³/mol. The summed E-state index contributed by atoms with van der Waals surface area (Å²) >= 11 is 0. The SMILES string of the molecule is CC=CC(=O)c1ccc(OCc2ccccc2)cc1C. The molecule has 0 amide bonds. The highest BCUT2D eigenvalue weighted by atomic mass is 16.5. The van der Waals surface area contributed by atoms with Crippen molar-refractivity contribution in [3.05, 3.63) is 77.4 Å². The first-order valence-corrected chi connectivity index (χ1v) is 6.65. The van der Waals surface area contributed by atoms with Gasteiger partial charge >= 0.3 is 0 Å². The van der Waals surface area contributed by atoms with Crippen LogP contribution in [0.5, 0.6) is 5.75 Å². The number of benzene rings is 2. The lowest BCUT2D eigenvalue weighted by atomic mass is 10.0. The van der Waals surface area contributed by atoms with E-state index in [1.807, 2.05) is 62.4 Å². The molecular weight excluding hydrogens is 248 g/mol. The quantitative estimate of drug-likeness (QED) is 0.594. The van der Waals surface area contributed by atoms with Gasteiger partial charge in [0.2, 0.25) is 0 Å². The van der Waals surface area contributed by atoms with Crippen molar-refractivity contribution in [2.45, 2.75) is 20.5 Å². The van der Waals surface area contributed by atoms with Crippen molar-refractivity contribution in [2.24, 2.45) is 0 Å². The minimum atomic E-state index is 0.0274. The first-order chi connectivity index (χ1) is 9.70. The zero-order valence-corrected chi connectivity index (χ0v) is 11.8. The zero-order valence-electron chi connectivity index (χ0n) is 11.8. The molecule has 0 aliphatic carbocycles. The molecule has 0 saturated heterocycles. The van der Waals surface area contributed by atoms with E-state index in [0.717, 1.165) is 22.4 Å². The minimum Gasteiger partial charge on any atom is -0.489 e. The fourth-order valence-electron chi connectivity index (χ4n) is 1.98. The number of carbonyl (C=O) groups excluding carboxylic acids is 1. The molecule has 0 N–H and O–H groups in total. The van der Waals surface area contributed by atoms with Crippen LogP contribution in [0.2, 0.25) is 0 Å². The maximum absolute atomic E-state index is 11.8. The molecule has 2 rings (SSSR count). The summed E-state index contributed by atoms with van der Waals surface area (Å²) in [4.78, 5) is 11.8. The number of aryl methyl sites for hydroxylation is 1. The third-order valence-corrected chi connectivity index (χ3v) is 3.03. The van der Waals surface area contributed by atoms with Crippen LogP contribution >= 0.6 is 0 Å². The summed E-state index contributed by atoms with van der Waals surface area (Å²) in [6.07, 6.45) is 3.33. The Bertz CT molecular complexity index is 613. The van der Waals surface area contributed by atoms with E-state index < -0.39 is 0 Å². The van der Waals surface area contributed by atoms with Crippen molar-refractivity contribution in [3.63, 3.8) is 0 Å². The summed E-state index contributed by atoms with van der Waals surface area (Å²) in [6.45, 7) is 4.29. The van der Waals surface area contributed by atoms with Gasteiger partial charge in [0.25, 0.3) is 0 Å². The predicted octanol–water partition coefficient (Wildman–Crippen LogP) is 4.33. The zero-order chi connectivity index (χ0) is 14.4. The van der Waals surface area contributed by atoms with Gasteiger partial charge in [-0.15, -0.1) is 0 Å². The van der Waals surface area contributed by atoms with Crippen LogP contribution in [0.25, 0.3) is 0 Å². The van der Waals surface area contributed by atoms with E-state index >= 15 is 0 Å². The van der Waals surface area contributed by atoms with Crippen molar-refractivity contribution in [3.8, 4) is 5.75 Å². The Morgan fingerprint density at radius 1 is 1.15 bits per heavy atom. The highest BCUT2D eigenvalue weighted by Gasteiger charge is 2.06. The van der Waals surface area contributed by atoms with Crippen LogP contribution in [0.1, 0.15) is 28.4 Å². The average molecular weight is 266 g/mol. The van der Waals surface area contributed by atoms with Gasteiger partial charge in [-0.2, -0.15) is 0 Å². The summed E-state index contributed by atoms with van der Waals surface area (Å²) in [5, 5.41) is 0. The number of rotatable bonds is 5. The summed E-state index contributed by atoms with van der Waals surface area (Å²) in [6, 6.07) is 15.6. The lowest BCUT2D eigenvalue weighted by molar-refractivity contribution is 0.104. The number of ether oxygens (including phenoxy) is 1. The van der Waals surface area contributed by atoms with Crippen LogP contribution in [0.4, 0.5) is 0 Å². The van der Waals surface area contributed by atoms with Crippen LogP contribution in [0.15, 0.2) is 60.7 Å². The summed E-state index contributed by atoms with van der Waals surface area (Å²) in [5.41, 5.74) is 2.77. The first kappa shape index (κ1) is 14.1. The third-order valence-electron chi connectivity index (χ3n) is 3.03. The molecule has 0 saturated carbocycles. The molecule has 0 aliphatic rings. The van der Waals surface area contributed by atoms with Crippen LogP contribution in [-0.4, -0.2) is 5.78 Å². The monoisotopic (exact) mass is 266 g/mol. The van der Waals surface area contributed by atoms with E-state index in [4.69, 9.17) is 4.74 Å². The van der Waals surface area contributed by atoms with Crippen molar-refractivity contribution in [2.75, 3.05) is 0 Å². The maximum Gasteiger partial charge on any atom is 0.185 e. The second kappa shape index (κ2) is 6.71. The molecule has 0 aliphatic heterocycles. The highest BCUT2D eigenvalue weighted by molar-refractivity contribution is 6.05. The molecule has 20 heavy (non-hydrogen) atoms. The number of ketones is 1. The van der Waals surface area contributed by atoms with Crippen molar-refractivity contribution in [1.29, 1.82) is 0 Å². The van der Waals surface area contributed by atoms with Gasteiger partial charge in [0.1, 0.15) is 12.4 Å². The molecule has 0 heterocycles. The normalized spacial score (nSPS) is 10.7. The number of allylic oxidation sites excluding steroid dienone is 2. The smallest absolute Gasteiger partial charge is 0.185 e. The Balaban J connectivity index is 2.07. The molecule has 102 valence electrons. The molecular formula is C18H18O2. The number of hydrogen-bond donors (Lipinski definition) is 0. The topological polar surface area (TPSA) is 26.3 Å².